The second-order valence-electron chi connectivity index (χ2n) is 6.36. The van der Waals surface area contributed by atoms with Crippen LogP contribution in [0.2, 0.25) is 0 Å². The Balaban J connectivity index is 1.85. The van der Waals surface area contributed by atoms with Gasteiger partial charge in [-0.3, -0.25) is 10.1 Å². The Morgan fingerprint density at radius 2 is 2.10 bits per heavy atom. The molecule has 0 radical (unpaired) electrons. The van der Waals surface area contributed by atoms with Gasteiger partial charge in [-0.2, -0.15) is 0 Å². The van der Waals surface area contributed by atoms with Crippen molar-refractivity contribution in [2.45, 2.75) is 45.3 Å². The Kier molecular flexibility index (Phi) is 3.98. The van der Waals surface area contributed by atoms with E-state index in [1.165, 1.54) is 18.9 Å². The van der Waals surface area contributed by atoms with Crippen LogP contribution in [0.5, 0.6) is 0 Å². The summed E-state index contributed by atoms with van der Waals surface area (Å²) in [6.45, 7) is 4.90. The highest BCUT2D eigenvalue weighted by Gasteiger charge is 2.41. The van der Waals surface area contributed by atoms with Crippen LogP contribution in [-0.2, 0) is 4.79 Å². The van der Waals surface area contributed by atoms with Crippen molar-refractivity contribution < 1.29 is 9.18 Å². The Morgan fingerprint density at radius 3 is 2.71 bits per heavy atom. The van der Waals surface area contributed by atoms with E-state index >= 15 is 0 Å². The number of amides is 1. The first-order valence-electron chi connectivity index (χ1n) is 7.92. The number of hydrogen-bond donors (Lipinski definition) is 1. The molecule has 4 heteroatoms. The minimum atomic E-state index is -0.329. The first kappa shape index (κ1) is 14.5. The van der Waals surface area contributed by atoms with E-state index in [0.717, 1.165) is 12.3 Å². The first-order valence-corrected chi connectivity index (χ1v) is 7.92. The van der Waals surface area contributed by atoms with Gasteiger partial charge in [0.2, 0.25) is 5.91 Å². The van der Waals surface area contributed by atoms with Crippen LogP contribution < -0.4 is 5.32 Å². The molecule has 21 heavy (non-hydrogen) atoms. The van der Waals surface area contributed by atoms with Crippen LogP contribution in [0.3, 0.4) is 0 Å². The first-order chi connectivity index (χ1) is 10.1. The van der Waals surface area contributed by atoms with Crippen molar-refractivity contribution >= 4 is 5.91 Å². The summed E-state index contributed by atoms with van der Waals surface area (Å²) in [7, 11) is 0. The fourth-order valence-corrected chi connectivity index (χ4v) is 3.25. The molecule has 2 aliphatic rings. The van der Waals surface area contributed by atoms with Crippen LogP contribution in [0.15, 0.2) is 24.3 Å². The van der Waals surface area contributed by atoms with Gasteiger partial charge in [0.05, 0.1) is 6.04 Å². The van der Waals surface area contributed by atoms with Gasteiger partial charge in [0, 0.05) is 12.1 Å². The summed E-state index contributed by atoms with van der Waals surface area (Å²) in [6.07, 6.45) is 2.93. The predicted molar refractivity (Wildman–Crippen MR) is 80.0 cm³/mol. The summed E-state index contributed by atoms with van der Waals surface area (Å²) < 4.78 is 14.1. The van der Waals surface area contributed by atoms with Crippen LogP contribution in [0.1, 0.15) is 44.8 Å². The smallest absolute Gasteiger partial charge is 0.241 e. The summed E-state index contributed by atoms with van der Waals surface area (Å²) in [5.41, 5.74) is 0.574. The number of hydrogen-bond acceptors (Lipinski definition) is 2. The lowest BCUT2D eigenvalue weighted by Crippen LogP contribution is -2.35. The molecule has 3 unspecified atom stereocenters. The second-order valence-corrected chi connectivity index (χ2v) is 6.36. The summed E-state index contributed by atoms with van der Waals surface area (Å²) in [5, 5.41) is 3.30. The molecule has 3 rings (SSSR count). The minimum absolute atomic E-state index is 0.109. The molecule has 0 aromatic heterocycles. The largest absolute Gasteiger partial charge is 0.321 e. The number of benzene rings is 1. The molecule has 3 nitrogen and oxygen atoms in total. The maximum absolute atomic E-state index is 14.1. The molecule has 114 valence electrons. The molecule has 1 heterocycles. The third-order valence-electron chi connectivity index (χ3n) is 4.77. The normalized spacial score (nSPS) is 27.2. The molecule has 1 amide bonds. The Morgan fingerprint density at radius 1 is 1.38 bits per heavy atom. The van der Waals surface area contributed by atoms with Gasteiger partial charge in [-0.15, -0.1) is 0 Å². The maximum Gasteiger partial charge on any atom is 0.241 e. The van der Waals surface area contributed by atoms with Crippen LogP contribution >= 0.6 is 0 Å². The average Bonchev–Trinajstić information content (AvgIpc) is 3.28. The molecule has 1 aromatic carbocycles. The number of halogens is 1. The van der Waals surface area contributed by atoms with Gasteiger partial charge in [-0.25, -0.2) is 4.39 Å². The topological polar surface area (TPSA) is 32.3 Å². The molecule has 1 aromatic rings. The highest BCUT2D eigenvalue weighted by Crippen LogP contribution is 2.39. The highest BCUT2D eigenvalue weighted by molar-refractivity contribution is 5.84. The van der Waals surface area contributed by atoms with Gasteiger partial charge in [-0.05, 0) is 37.2 Å². The van der Waals surface area contributed by atoms with Gasteiger partial charge in [0.25, 0.3) is 0 Å². The van der Waals surface area contributed by atoms with Crippen LogP contribution in [-0.4, -0.2) is 23.4 Å². The molecule has 1 saturated carbocycles. The second kappa shape index (κ2) is 5.76. The molecule has 1 saturated heterocycles. The van der Waals surface area contributed by atoms with Gasteiger partial charge < -0.3 is 4.90 Å². The lowest BCUT2D eigenvalue weighted by atomic mass is 10.0. The fourth-order valence-electron chi connectivity index (χ4n) is 3.25. The van der Waals surface area contributed by atoms with Gasteiger partial charge >= 0.3 is 0 Å². The van der Waals surface area contributed by atoms with E-state index in [4.69, 9.17) is 0 Å². The van der Waals surface area contributed by atoms with Crippen molar-refractivity contribution in [3.63, 3.8) is 0 Å². The highest BCUT2D eigenvalue weighted by atomic mass is 19.1. The van der Waals surface area contributed by atoms with Crippen molar-refractivity contribution in [3.05, 3.63) is 35.6 Å². The van der Waals surface area contributed by atoms with Crippen molar-refractivity contribution in [1.82, 2.24) is 10.2 Å². The van der Waals surface area contributed by atoms with Gasteiger partial charge in [-0.1, -0.05) is 32.0 Å². The summed E-state index contributed by atoms with van der Waals surface area (Å²) in [6, 6.07) is 6.55. The molecule has 0 spiro atoms. The van der Waals surface area contributed by atoms with Crippen LogP contribution in [0.25, 0.3) is 0 Å². The van der Waals surface area contributed by atoms with E-state index in [1.807, 2.05) is 17.9 Å². The average molecular weight is 290 g/mol. The number of nitrogens with zero attached hydrogens (tertiary/aromatic N) is 1. The summed E-state index contributed by atoms with van der Waals surface area (Å²) in [5.74, 6) is 1.09. The van der Waals surface area contributed by atoms with Crippen molar-refractivity contribution in [2.24, 2.45) is 11.8 Å². The van der Waals surface area contributed by atoms with Crippen LogP contribution in [0.4, 0.5) is 4.39 Å². The lowest BCUT2D eigenvalue weighted by Gasteiger charge is -2.27. The number of carbonyl (C=O) groups is 1. The summed E-state index contributed by atoms with van der Waals surface area (Å²) in [4.78, 5) is 14.4. The Bertz CT molecular complexity index is 529. The SMILES string of the molecule is CCC1NC(c2ccccc2F)N(CC(C)C2CC2)C1=O. The molecule has 1 N–H and O–H groups in total. The van der Waals surface area contributed by atoms with E-state index in [1.54, 1.807) is 12.1 Å². The molecule has 1 aliphatic heterocycles. The molecular formula is C17H23FN2O. The predicted octanol–water partition coefficient (Wildman–Crippen LogP) is 3.08. The number of nitrogens with one attached hydrogen (secondary N) is 1. The third kappa shape index (κ3) is 2.82. The van der Waals surface area contributed by atoms with E-state index in [2.05, 4.69) is 12.2 Å². The minimum Gasteiger partial charge on any atom is -0.321 e. The molecule has 0 bridgehead atoms. The summed E-state index contributed by atoms with van der Waals surface area (Å²) >= 11 is 0. The van der Waals surface area contributed by atoms with Gasteiger partial charge in [0.15, 0.2) is 0 Å². The fraction of sp³-hybridized carbons (Fsp3) is 0.588. The van der Waals surface area contributed by atoms with E-state index in [0.29, 0.717) is 18.0 Å². The zero-order chi connectivity index (χ0) is 15.0. The Hall–Kier alpha value is -1.42. The van der Waals surface area contributed by atoms with Crippen LogP contribution in [0, 0.1) is 17.7 Å². The van der Waals surface area contributed by atoms with Crippen molar-refractivity contribution in [1.29, 1.82) is 0 Å². The zero-order valence-electron chi connectivity index (χ0n) is 12.7. The lowest BCUT2D eigenvalue weighted by molar-refractivity contribution is -0.130. The quantitative estimate of drug-likeness (QED) is 0.904. The van der Waals surface area contributed by atoms with E-state index < -0.39 is 0 Å². The maximum atomic E-state index is 14.1. The zero-order valence-corrected chi connectivity index (χ0v) is 12.7. The molecule has 3 atom stereocenters. The number of carbonyl (C=O) groups excluding carboxylic acids is 1. The molecule has 2 fully saturated rings. The van der Waals surface area contributed by atoms with Gasteiger partial charge in [0.1, 0.15) is 12.0 Å². The van der Waals surface area contributed by atoms with E-state index in [-0.39, 0.29) is 23.9 Å². The standard InChI is InChI=1S/C17H23FN2O/c1-3-15-17(21)20(10-11(2)12-8-9-12)16(19-15)13-6-4-5-7-14(13)18/h4-7,11-12,15-16,19H,3,8-10H2,1-2H3. The van der Waals surface area contributed by atoms with E-state index in [9.17, 15) is 9.18 Å². The Labute approximate surface area is 125 Å². The molecule has 1 aliphatic carbocycles. The molecular weight excluding hydrogens is 267 g/mol. The number of rotatable bonds is 5. The van der Waals surface area contributed by atoms with Crippen molar-refractivity contribution in [2.75, 3.05) is 6.54 Å². The third-order valence-corrected chi connectivity index (χ3v) is 4.77. The monoisotopic (exact) mass is 290 g/mol. The van der Waals surface area contributed by atoms with Crippen molar-refractivity contribution in [3.8, 4) is 0 Å².